The molecule has 2 rings (SSSR count). The van der Waals surface area contributed by atoms with Gasteiger partial charge in [0.1, 0.15) is 11.9 Å². The number of nitrogens with zero attached hydrogens (tertiary/aromatic N) is 1. The number of aliphatic hydroxyl groups is 1. The Bertz CT molecular complexity index is 361. The molecule has 16 heavy (non-hydrogen) atoms. The van der Waals surface area contributed by atoms with E-state index in [9.17, 15) is 5.11 Å². The minimum Gasteiger partial charge on any atom is -0.495 e. The minimum atomic E-state index is -0.655. The zero-order valence-electron chi connectivity index (χ0n) is 9.64. The second kappa shape index (κ2) is 4.39. The summed E-state index contributed by atoms with van der Waals surface area (Å²) in [6.45, 7) is 2.65. The lowest BCUT2D eigenvalue weighted by atomic mass is 9.91. The van der Waals surface area contributed by atoms with Crippen molar-refractivity contribution in [2.24, 2.45) is 0 Å². The maximum atomic E-state index is 10.3. The lowest BCUT2D eigenvalue weighted by Crippen LogP contribution is -2.31. The van der Waals surface area contributed by atoms with E-state index >= 15 is 0 Å². The Morgan fingerprint density at radius 3 is 3.00 bits per heavy atom. The van der Waals surface area contributed by atoms with E-state index in [4.69, 9.17) is 9.47 Å². The highest BCUT2D eigenvalue weighted by Crippen LogP contribution is 2.37. The van der Waals surface area contributed by atoms with Crippen LogP contribution in [-0.2, 0) is 4.74 Å². The summed E-state index contributed by atoms with van der Waals surface area (Å²) in [5.74, 6) is 0.651. The van der Waals surface area contributed by atoms with E-state index in [0.29, 0.717) is 12.4 Å². The van der Waals surface area contributed by atoms with E-state index in [1.165, 1.54) is 0 Å². The monoisotopic (exact) mass is 223 g/mol. The average Bonchev–Trinajstić information content (AvgIpc) is 2.76. The first-order chi connectivity index (χ1) is 7.65. The summed E-state index contributed by atoms with van der Waals surface area (Å²) in [5.41, 5.74) is 0.248. The van der Waals surface area contributed by atoms with Crippen LogP contribution in [0.15, 0.2) is 18.5 Å². The van der Waals surface area contributed by atoms with Crippen LogP contribution in [0.1, 0.15) is 31.4 Å². The van der Waals surface area contributed by atoms with Crippen LogP contribution < -0.4 is 4.74 Å². The van der Waals surface area contributed by atoms with Gasteiger partial charge in [-0.1, -0.05) is 0 Å². The topological polar surface area (TPSA) is 51.6 Å². The van der Waals surface area contributed by atoms with Crippen molar-refractivity contribution in [1.82, 2.24) is 4.98 Å². The van der Waals surface area contributed by atoms with Crippen molar-refractivity contribution in [2.75, 3.05) is 13.7 Å². The third kappa shape index (κ3) is 2.03. The van der Waals surface area contributed by atoms with Crippen molar-refractivity contribution >= 4 is 0 Å². The molecular formula is C12H17NO3. The Morgan fingerprint density at radius 1 is 1.56 bits per heavy atom. The molecule has 0 radical (unpaired) electrons. The molecule has 0 amide bonds. The number of hydrogen-bond donors (Lipinski definition) is 1. The van der Waals surface area contributed by atoms with Crippen LogP contribution in [0.4, 0.5) is 0 Å². The van der Waals surface area contributed by atoms with Crippen LogP contribution >= 0.6 is 0 Å². The van der Waals surface area contributed by atoms with E-state index < -0.39 is 11.7 Å². The summed E-state index contributed by atoms with van der Waals surface area (Å²) >= 11 is 0. The lowest BCUT2D eigenvalue weighted by molar-refractivity contribution is -0.0797. The molecule has 1 N–H and O–H groups in total. The lowest BCUT2D eigenvalue weighted by Gasteiger charge is -2.29. The van der Waals surface area contributed by atoms with Gasteiger partial charge in [0.2, 0.25) is 0 Å². The number of hydrogen-bond acceptors (Lipinski definition) is 4. The van der Waals surface area contributed by atoms with Crippen LogP contribution in [0.5, 0.6) is 5.75 Å². The van der Waals surface area contributed by atoms with Crippen molar-refractivity contribution in [3.05, 3.63) is 24.0 Å². The predicted octanol–water partition coefficient (Wildman–Crippen LogP) is 1.69. The zero-order valence-corrected chi connectivity index (χ0v) is 9.64. The van der Waals surface area contributed by atoms with Gasteiger partial charge in [-0.2, -0.15) is 0 Å². The van der Waals surface area contributed by atoms with Crippen LogP contribution in [0.25, 0.3) is 0 Å². The standard InChI is InChI=1S/C12H17NO3/c1-12(4-3-5-16-12)11(14)9-6-10(15-2)8-13-7-9/h6-8,11,14H,3-5H2,1-2H3. The maximum absolute atomic E-state index is 10.3. The normalized spacial score (nSPS) is 26.7. The third-order valence-electron chi connectivity index (χ3n) is 3.11. The molecule has 1 aromatic heterocycles. The summed E-state index contributed by atoms with van der Waals surface area (Å²) in [7, 11) is 1.58. The predicted molar refractivity (Wildman–Crippen MR) is 59.3 cm³/mol. The molecule has 2 atom stereocenters. The van der Waals surface area contributed by atoms with Gasteiger partial charge in [-0.25, -0.2) is 0 Å². The molecular weight excluding hydrogens is 206 g/mol. The fourth-order valence-corrected chi connectivity index (χ4v) is 2.07. The largest absolute Gasteiger partial charge is 0.495 e. The molecule has 0 saturated carbocycles. The molecule has 88 valence electrons. The molecule has 1 aromatic rings. The molecule has 1 fully saturated rings. The molecule has 0 bridgehead atoms. The minimum absolute atomic E-state index is 0.492. The fraction of sp³-hybridized carbons (Fsp3) is 0.583. The number of ether oxygens (including phenoxy) is 2. The average molecular weight is 223 g/mol. The van der Waals surface area contributed by atoms with Gasteiger partial charge in [0.25, 0.3) is 0 Å². The summed E-state index contributed by atoms with van der Waals surface area (Å²) in [5, 5.41) is 10.3. The first kappa shape index (κ1) is 11.4. The highest BCUT2D eigenvalue weighted by Gasteiger charge is 2.38. The molecule has 1 aliphatic rings. The van der Waals surface area contributed by atoms with Gasteiger partial charge >= 0.3 is 0 Å². The van der Waals surface area contributed by atoms with E-state index in [1.807, 2.05) is 6.92 Å². The summed E-state index contributed by atoms with van der Waals surface area (Å²) < 4.78 is 10.7. The highest BCUT2D eigenvalue weighted by atomic mass is 16.5. The van der Waals surface area contributed by atoms with Gasteiger partial charge in [-0.05, 0) is 25.8 Å². The smallest absolute Gasteiger partial charge is 0.137 e. The quantitative estimate of drug-likeness (QED) is 0.847. The van der Waals surface area contributed by atoms with Crippen LogP contribution in [0, 0.1) is 0 Å². The Labute approximate surface area is 95.2 Å². The first-order valence-electron chi connectivity index (χ1n) is 5.47. The number of aliphatic hydroxyl groups excluding tert-OH is 1. The second-order valence-electron chi connectivity index (χ2n) is 4.33. The Kier molecular flexibility index (Phi) is 3.12. The molecule has 2 unspecified atom stereocenters. The Hall–Kier alpha value is -1.13. The van der Waals surface area contributed by atoms with E-state index in [2.05, 4.69) is 4.98 Å². The van der Waals surface area contributed by atoms with Crippen molar-refractivity contribution in [2.45, 2.75) is 31.5 Å². The molecule has 4 nitrogen and oxygen atoms in total. The summed E-state index contributed by atoms with van der Waals surface area (Å²) in [4.78, 5) is 4.04. The Balaban J connectivity index is 2.22. The van der Waals surface area contributed by atoms with Crippen LogP contribution in [0.2, 0.25) is 0 Å². The van der Waals surface area contributed by atoms with Crippen LogP contribution in [-0.4, -0.2) is 29.4 Å². The van der Waals surface area contributed by atoms with Gasteiger partial charge in [0.05, 0.1) is 18.9 Å². The molecule has 0 spiro atoms. The van der Waals surface area contributed by atoms with Gasteiger partial charge < -0.3 is 14.6 Å². The molecule has 1 aliphatic heterocycles. The number of methoxy groups -OCH3 is 1. The summed E-state index contributed by atoms with van der Waals surface area (Å²) in [6.07, 6.45) is 4.47. The SMILES string of the molecule is COc1cncc(C(O)C2(C)CCCO2)c1. The van der Waals surface area contributed by atoms with Crippen molar-refractivity contribution < 1.29 is 14.6 Å². The van der Waals surface area contributed by atoms with E-state index in [0.717, 1.165) is 18.4 Å². The zero-order chi connectivity index (χ0) is 11.6. The van der Waals surface area contributed by atoms with Crippen LogP contribution in [0.3, 0.4) is 0 Å². The first-order valence-corrected chi connectivity index (χ1v) is 5.47. The number of rotatable bonds is 3. The second-order valence-corrected chi connectivity index (χ2v) is 4.33. The third-order valence-corrected chi connectivity index (χ3v) is 3.11. The molecule has 4 heteroatoms. The van der Waals surface area contributed by atoms with E-state index in [-0.39, 0.29) is 0 Å². The molecule has 0 aromatic carbocycles. The van der Waals surface area contributed by atoms with E-state index in [1.54, 1.807) is 25.6 Å². The van der Waals surface area contributed by atoms with Crippen molar-refractivity contribution in [3.63, 3.8) is 0 Å². The highest BCUT2D eigenvalue weighted by molar-refractivity contribution is 5.26. The molecule has 2 heterocycles. The number of pyridine rings is 1. The van der Waals surface area contributed by atoms with Gasteiger partial charge in [0.15, 0.2) is 0 Å². The maximum Gasteiger partial charge on any atom is 0.137 e. The van der Waals surface area contributed by atoms with Gasteiger partial charge in [-0.3, -0.25) is 4.98 Å². The van der Waals surface area contributed by atoms with Crippen molar-refractivity contribution in [1.29, 1.82) is 0 Å². The molecule has 1 saturated heterocycles. The fourth-order valence-electron chi connectivity index (χ4n) is 2.07. The Morgan fingerprint density at radius 2 is 2.38 bits per heavy atom. The number of aromatic nitrogens is 1. The summed E-state index contributed by atoms with van der Waals surface area (Å²) in [6, 6.07) is 1.80. The van der Waals surface area contributed by atoms with Crippen molar-refractivity contribution in [3.8, 4) is 5.75 Å². The van der Waals surface area contributed by atoms with Gasteiger partial charge in [-0.15, -0.1) is 0 Å². The van der Waals surface area contributed by atoms with Gasteiger partial charge in [0, 0.05) is 18.4 Å². The molecule has 0 aliphatic carbocycles.